The summed E-state index contributed by atoms with van der Waals surface area (Å²) < 4.78 is 13.4. The topological polar surface area (TPSA) is 57.5 Å². The van der Waals surface area contributed by atoms with E-state index < -0.39 is 23.0 Å². The predicted octanol–water partition coefficient (Wildman–Crippen LogP) is 2.74. The number of hydrogen-bond acceptors (Lipinski definition) is 2. The molecule has 1 fully saturated rings. The van der Waals surface area contributed by atoms with Gasteiger partial charge in [-0.1, -0.05) is 18.9 Å². The number of rotatable bonds is 2. The van der Waals surface area contributed by atoms with Crippen molar-refractivity contribution in [2.45, 2.75) is 38.0 Å². The van der Waals surface area contributed by atoms with Crippen molar-refractivity contribution in [1.82, 2.24) is 0 Å². The van der Waals surface area contributed by atoms with E-state index in [1.165, 1.54) is 12.1 Å². The third-order valence-electron chi connectivity index (χ3n) is 3.68. The smallest absolute Gasteiger partial charge is 0.314 e. The maximum Gasteiger partial charge on any atom is 0.314 e. The molecule has 17 heavy (non-hydrogen) atoms. The third kappa shape index (κ3) is 1.68. The molecule has 1 saturated carbocycles. The lowest BCUT2D eigenvalue weighted by atomic mass is 9.76. The van der Waals surface area contributed by atoms with E-state index >= 15 is 0 Å². The highest BCUT2D eigenvalue weighted by atomic mass is 19.1. The molecule has 0 atom stereocenters. The lowest BCUT2D eigenvalue weighted by Gasteiger charge is -2.27. The number of carboxylic acids is 1. The van der Waals surface area contributed by atoms with Crippen molar-refractivity contribution >= 4 is 5.97 Å². The minimum atomic E-state index is -1.11. The van der Waals surface area contributed by atoms with Crippen LogP contribution in [-0.2, 0) is 10.2 Å². The lowest BCUT2D eigenvalue weighted by molar-refractivity contribution is -0.143. The Hall–Kier alpha value is -1.58. The molecule has 4 heteroatoms. The first-order chi connectivity index (χ1) is 7.99. The van der Waals surface area contributed by atoms with E-state index in [-0.39, 0.29) is 5.56 Å². The summed E-state index contributed by atoms with van der Waals surface area (Å²) in [4.78, 5) is 11.5. The van der Waals surface area contributed by atoms with Crippen LogP contribution in [0, 0.1) is 12.7 Å². The highest BCUT2D eigenvalue weighted by Gasteiger charge is 2.46. The summed E-state index contributed by atoms with van der Waals surface area (Å²) in [5, 5.41) is 19.2. The van der Waals surface area contributed by atoms with Crippen LogP contribution in [0.4, 0.5) is 4.39 Å². The normalized spacial score (nSPS) is 18.2. The van der Waals surface area contributed by atoms with Crippen molar-refractivity contribution in [3.63, 3.8) is 0 Å². The van der Waals surface area contributed by atoms with Crippen LogP contribution in [0.25, 0.3) is 0 Å². The molecule has 0 spiro atoms. The van der Waals surface area contributed by atoms with E-state index in [1.807, 2.05) is 0 Å². The number of aryl methyl sites for hydroxylation is 1. The number of benzene rings is 1. The van der Waals surface area contributed by atoms with E-state index in [2.05, 4.69) is 0 Å². The highest BCUT2D eigenvalue weighted by molar-refractivity contribution is 5.83. The number of halogens is 1. The van der Waals surface area contributed by atoms with Gasteiger partial charge in [-0.2, -0.15) is 0 Å². The number of phenolic OH excluding ortho intramolecular Hbond substituents is 1. The highest BCUT2D eigenvalue weighted by Crippen LogP contribution is 2.46. The van der Waals surface area contributed by atoms with Gasteiger partial charge in [-0.05, 0) is 31.4 Å². The van der Waals surface area contributed by atoms with E-state index in [9.17, 15) is 19.4 Å². The first-order valence-electron chi connectivity index (χ1n) is 5.71. The Morgan fingerprint density at radius 1 is 1.35 bits per heavy atom. The van der Waals surface area contributed by atoms with Crippen LogP contribution < -0.4 is 0 Å². The van der Waals surface area contributed by atoms with Crippen LogP contribution in [0.3, 0.4) is 0 Å². The Morgan fingerprint density at radius 3 is 2.47 bits per heavy atom. The van der Waals surface area contributed by atoms with E-state index in [0.717, 1.165) is 12.8 Å². The fraction of sp³-hybridized carbons (Fsp3) is 0.462. The fourth-order valence-electron chi connectivity index (χ4n) is 2.82. The van der Waals surface area contributed by atoms with Crippen LogP contribution in [0.2, 0.25) is 0 Å². The molecule has 0 radical (unpaired) electrons. The quantitative estimate of drug-likeness (QED) is 0.832. The molecule has 3 nitrogen and oxygen atoms in total. The molecule has 2 rings (SSSR count). The Bertz CT molecular complexity index is 462. The maximum absolute atomic E-state index is 13.4. The zero-order chi connectivity index (χ0) is 12.6. The standard InChI is InChI=1S/C13H15FO3/c1-8-4-5-9(14)11(15)10(8)13(12(16)17)6-2-3-7-13/h4-5,15H,2-3,6-7H2,1H3,(H,16,17). The van der Waals surface area contributed by atoms with Crippen molar-refractivity contribution in [2.75, 3.05) is 0 Å². The SMILES string of the molecule is Cc1ccc(F)c(O)c1C1(C(=O)O)CCCC1. The fourth-order valence-corrected chi connectivity index (χ4v) is 2.82. The molecule has 0 heterocycles. The van der Waals surface area contributed by atoms with Crippen molar-refractivity contribution in [2.24, 2.45) is 0 Å². The minimum absolute atomic E-state index is 0.252. The van der Waals surface area contributed by atoms with Gasteiger partial charge < -0.3 is 10.2 Å². The molecule has 1 aromatic rings. The summed E-state index contributed by atoms with van der Waals surface area (Å²) in [5.74, 6) is -2.23. The Labute approximate surface area is 98.9 Å². The van der Waals surface area contributed by atoms with Gasteiger partial charge in [-0.25, -0.2) is 4.39 Å². The molecule has 0 unspecified atom stereocenters. The van der Waals surface area contributed by atoms with Crippen molar-refractivity contribution in [3.8, 4) is 5.75 Å². The van der Waals surface area contributed by atoms with Crippen LogP contribution in [0.1, 0.15) is 36.8 Å². The molecular formula is C13H15FO3. The average molecular weight is 238 g/mol. The number of carboxylic acid groups (broad SMARTS) is 1. The molecule has 1 aliphatic carbocycles. The Morgan fingerprint density at radius 2 is 1.94 bits per heavy atom. The number of aliphatic carboxylic acids is 1. The summed E-state index contributed by atoms with van der Waals surface area (Å²) >= 11 is 0. The number of carbonyl (C=O) groups is 1. The van der Waals surface area contributed by atoms with Crippen LogP contribution in [-0.4, -0.2) is 16.2 Å². The van der Waals surface area contributed by atoms with Crippen molar-refractivity contribution < 1.29 is 19.4 Å². The zero-order valence-corrected chi connectivity index (χ0v) is 9.66. The van der Waals surface area contributed by atoms with E-state index in [4.69, 9.17) is 0 Å². The summed E-state index contributed by atoms with van der Waals surface area (Å²) in [6, 6.07) is 2.69. The van der Waals surface area contributed by atoms with Gasteiger partial charge >= 0.3 is 5.97 Å². The first kappa shape index (κ1) is 11.9. The van der Waals surface area contributed by atoms with Gasteiger partial charge in [-0.15, -0.1) is 0 Å². The maximum atomic E-state index is 13.4. The predicted molar refractivity (Wildman–Crippen MR) is 60.6 cm³/mol. The Balaban J connectivity index is 2.66. The minimum Gasteiger partial charge on any atom is -0.505 e. The number of phenols is 1. The van der Waals surface area contributed by atoms with Crippen LogP contribution in [0.15, 0.2) is 12.1 Å². The molecule has 1 aliphatic rings. The second kappa shape index (κ2) is 4.02. The molecule has 92 valence electrons. The molecule has 0 saturated heterocycles. The third-order valence-corrected chi connectivity index (χ3v) is 3.68. The lowest BCUT2D eigenvalue weighted by Crippen LogP contribution is -2.33. The van der Waals surface area contributed by atoms with Crippen molar-refractivity contribution in [1.29, 1.82) is 0 Å². The van der Waals surface area contributed by atoms with E-state index in [1.54, 1.807) is 6.92 Å². The monoisotopic (exact) mass is 238 g/mol. The van der Waals surface area contributed by atoms with Gasteiger partial charge in [0.05, 0.1) is 5.41 Å². The van der Waals surface area contributed by atoms with Gasteiger partial charge in [0, 0.05) is 5.56 Å². The summed E-state index contributed by atoms with van der Waals surface area (Å²) in [5.41, 5.74) is -0.230. The van der Waals surface area contributed by atoms with E-state index in [0.29, 0.717) is 18.4 Å². The van der Waals surface area contributed by atoms with Gasteiger partial charge in [0.15, 0.2) is 11.6 Å². The van der Waals surface area contributed by atoms with Gasteiger partial charge in [0.25, 0.3) is 0 Å². The molecule has 0 aromatic heterocycles. The second-order valence-electron chi connectivity index (χ2n) is 4.68. The molecular weight excluding hydrogens is 223 g/mol. The summed E-state index contributed by atoms with van der Waals surface area (Å²) in [6.07, 6.45) is 2.50. The van der Waals surface area contributed by atoms with Gasteiger partial charge in [0.2, 0.25) is 0 Å². The Kier molecular flexibility index (Phi) is 2.81. The molecule has 0 bridgehead atoms. The first-order valence-corrected chi connectivity index (χ1v) is 5.71. The number of hydrogen-bond donors (Lipinski definition) is 2. The molecule has 0 aliphatic heterocycles. The zero-order valence-electron chi connectivity index (χ0n) is 9.66. The molecule has 0 amide bonds. The molecule has 2 N–H and O–H groups in total. The summed E-state index contributed by atoms with van der Waals surface area (Å²) in [6.45, 7) is 1.71. The molecule has 1 aromatic carbocycles. The van der Waals surface area contributed by atoms with Gasteiger partial charge in [0.1, 0.15) is 0 Å². The number of aromatic hydroxyl groups is 1. The second-order valence-corrected chi connectivity index (χ2v) is 4.68. The van der Waals surface area contributed by atoms with Crippen molar-refractivity contribution in [3.05, 3.63) is 29.1 Å². The van der Waals surface area contributed by atoms with Gasteiger partial charge in [-0.3, -0.25) is 4.79 Å². The van der Waals surface area contributed by atoms with Crippen LogP contribution >= 0.6 is 0 Å². The van der Waals surface area contributed by atoms with Crippen LogP contribution in [0.5, 0.6) is 5.75 Å². The summed E-state index contributed by atoms with van der Waals surface area (Å²) in [7, 11) is 0. The largest absolute Gasteiger partial charge is 0.505 e. The average Bonchev–Trinajstić information content (AvgIpc) is 2.74.